The Balaban J connectivity index is 2.07. The first-order chi connectivity index (χ1) is 9.02. The second-order valence-corrected chi connectivity index (χ2v) is 4.44. The first-order valence-corrected chi connectivity index (χ1v) is 5.89. The highest BCUT2D eigenvalue weighted by Gasteiger charge is 2.43. The van der Waals surface area contributed by atoms with Gasteiger partial charge < -0.3 is 24.8 Å². The molecule has 102 valence electrons. The van der Waals surface area contributed by atoms with Crippen molar-refractivity contribution in [3.8, 4) is 11.8 Å². The average molecular weight is 265 g/mol. The SMILES string of the molecule is C[C@@H]1O[C@@H](Oc2ccc(C#N)cc2)[C@H](O)[C@H](O)[C@H]1O. The molecule has 1 fully saturated rings. The molecule has 1 aromatic rings. The summed E-state index contributed by atoms with van der Waals surface area (Å²) in [7, 11) is 0. The van der Waals surface area contributed by atoms with E-state index >= 15 is 0 Å². The van der Waals surface area contributed by atoms with Crippen LogP contribution in [0.25, 0.3) is 0 Å². The summed E-state index contributed by atoms with van der Waals surface area (Å²) in [6.07, 6.45) is -5.55. The summed E-state index contributed by atoms with van der Waals surface area (Å²) in [4.78, 5) is 0. The zero-order chi connectivity index (χ0) is 14.0. The molecule has 1 aliphatic rings. The lowest BCUT2D eigenvalue weighted by Crippen LogP contribution is -2.58. The van der Waals surface area contributed by atoms with Crippen LogP contribution >= 0.6 is 0 Å². The molecular formula is C13H15NO5. The summed E-state index contributed by atoms with van der Waals surface area (Å²) >= 11 is 0. The summed E-state index contributed by atoms with van der Waals surface area (Å²) in [6, 6.07) is 8.25. The minimum Gasteiger partial charge on any atom is -0.462 e. The lowest BCUT2D eigenvalue weighted by Gasteiger charge is -2.38. The van der Waals surface area contributed by atoms with Crippen molar-refractivity contribution in [2.75, 3.05) is 0 Å². The Bertz CT molecular complexity index is 469. The molecule has 6 heteroatoms. The van der Waals surface area contributed by atoms with Gasteiger partial charge in [0, 0.05) is 0 Å². The molecule has 0 bridgehead atoms. The van der Waals surface area contributed by atoms with Crippen LogP contribution in [0.2, 0.25) is 0 Å². The maximum absolute atomic E-state index is 9.78. The van der Waals surface area contributed by atoms with Gasteiger partial charge in [0.05, 0.1) is 17.7 Å². The minimum absolute atomic E-state index is 0.402. The third-order valence-electron chi connectivity index (χ3n) is 3.04. The summed E-state index contributed by atoms with van der Waals surface area (Å²) in [5.41, 5.74) is 0.487. The summed E-state index contributed by atoms with van der Waals surface area (Å²) in [5, 5.41) is 37.6. The lowest BCUT2D eigenvalue weighted by atomic mass is 10.00. The predicted octanol–water partition coefficient (Wildman–Crippen LogP) is -0.235. The number of nitriles is 1. The molecule has 0 radical (unpaired) electrons. The molecule has 3 N–H and O–H groups in total. The molecule has 5 atom stereocenters. The summed E-state index contributed by atoms with van der Waals surface area (Å²) in [6.45, 7) is 1.58. The van der Waals surface area contributed by atoms with Gasteiger partial charge in [-0.25, -0.2) is 0 Å². The maximum Gasteiger partial charge on any atom is 0.229 e. The number of aliphatic hydroxyl groups excluding tert-OH is 3. The van der Waals surface area contributed by atoms with Gasteiger partial charge in [-0.05, 0) is 31.2 Å². The average Bonchev–Trinajstić information content (AvgIpc) is 2.43. The van der Waals surface area contributed by atoms with E-state index in [1.807, 2.05) is 6.07 Å². The quantitative estimate of drug-likeness (QED) is 0.682. The second-order valence-electron chi connectivity index (χ2n) is 4.44. The van der Waals surface area contributed by atoms with Crippen LogP contribution in [0.15, 0.2) is 24.3 Å². The molecule has 0 unspecified atom stereocenters. The van der Waals surface area contributed by atoms with E-state index in [-0.39, 0.29) is 0 Å². The van der Waals surface area contributed by atoms with Crippen LogP contribution in [-0.4, -0.2) is 46.0 Å². The molecule has 19 heavy (non-hydrogen) atoms. The van der Waals surface area contributed by atoms with Crippen LogP contribution < -0.4 is 4.74 Å². The number of nitrogens with zero attached hydrogens (tertiary/aromatic N) is 1. The Morgan fingerprint density at radius 3 is 2.32 bits per heavy atom. The number of hydrogen-bond acceptors (Lipinski definition) is 6. The van der Waals surface area contributed by atoms with E-state index < -0.39 is 30.7 Å². The number of benzene rings is 1. The standard InChI is InChI=1S/C13H15NO5/c1-7-10(15)11(16)12(17)13(18-7)19-9-4-2-8(6-14)3-5-9/h2-5,7,10-13,15-17H,1H3/t7-,10-,11+,12+,13-/m0/s1. The molecule has 0 spiro atoms. The van der Waals surface area contributed by atoms with Crippen LogP contribution in [0.3, 0.4) is 0 Å². The molecule has 1 saturated heterocycles. The van der Waals surface area contributed by atoms with Crippen molar-refractivity contribution in [1.82, 2.24) is 0 Å². The Labute approximate surface area is 110 Å². The fourth-order valence-electron chi connectivity index (χ4n) is 1.85. The minimum atomic E-state index is -1.35. The first-order valence-electron chi connectivity index (χ1n) is 5.89. The first kappa shape index (κ1) is 13.8. The highest BCUT2D eigenvalue weighted by Crippen LogP contribution is 2.24. The van der Waals surface area contributed by atoms with Crippen LogP contribution in [0.5, 0.6) is 5.75 Å². The zero-order valence-corrected chi connectivity index (χ0v) is 10.3. The van der Waals surface area contributed by atoms with Crippen molar-refractivity contribution >= 4 is 0 Å². The monoisotopic (exact) mass is 265 g/mol. The molecular weight excluding hydrogens is 250 g/mol. The number of aliphatic hydroxyl groups is 3. The number of hydrogen-bond donors (Lipinski definition) is 3. The van der Waals surface area contributed by atoms with Gasteiger partial charge in [-0.3, -0.25) is 0 Å². The third kappa shape index (κ3) is 2.85. The van der Waals surface area contributed by atoms with Gasteiger partial charge in [0.1, 0.15) is 24.1 Å². The van der Waals surface area contributed by atoms with Crippen molar-refractivity contribution in [1.29, 1.82) is 5.26 Å². The van der Waals surface area contributed by atoms with E-state index in [1.165, 1.54) is 0 Å². The molecule has 0 amide bonds. The third-order valence-corrected chi connectivity index (χ3v) is 3.04. The smallest absolute Gasteiger partial charge is 0.229 e. The van der Waals surface area contributed by atoms with Gasteiger partial charge in [0.15, 0.2) is 0 Å². The largest absolute Gasteiger partial charge is 0.462 e. The fraction of sp³-hybridized carbons (Fsp3) is 0.462. The van der Waals surface area contributed by atoms with E-state index in [0.29, 0.717) is 11.3 Å². The van der Waals surface area contributed by atoms with Gasteiger partial charge >= 0.3 is 0 Å². The fourth-order valence-corrected chi connectivity index (χ4v) is 1.85. The Hall–Kier alpha value is -1.65. The summed E-state index contributed by atoms with van der Waals surface area (Å²) < 4.78 is 10.7. The Morgan fingerprint density at radius 1 is 1.11 bits per heavy atom. The van der Waals surface area contributed by atoms with Crippen LogP contribution in [0.4, 0.5) is 0 Å². The molecule has 2 rings (SSSR count). The van der Waals surface area contributed by atoms with E-state index in [1.54, 1.807) is 31.2 Å². The number of rotatable bonds is 2. The van der Waals surface area contributed by atoms with Crippen LogP contribution in [-0.2, 0) is 4.74 Å². The van der Waals surface area contributed by atoms with Crippen molar-refractivity contribution in [3.63, 3.8) is 0 Å². The van der Waals surface area contributed by atoms with E-state index in [4.69, 9.17) is 14.7 Å². The second kappa shape index (κ2) is 5.55. The molecule has 6 nitrogen and oxygen atoms in total. The topological polar surface area (TPSA) is 103 Å². The zero-order valence-electron chi connectivity index (χ0n) is 10.3. The lowest BCUT2D eigenvalue weighted by molar-refractivity contribution is -0.268. The highest BCUT2D eigenvalue weighted by atomic mass is 16.7. The van der Waals surface area contributed by atoms with Gasteiger partial charge in [-0.2, -0.15) is 5.26 Å². The van der Waals surface area contributed by atoms with Gasteiger partial charge in [-0.1, -0.05) is 0 Å². The molecule has 1 aliphatic heterocycles. The molecule has 0 saturated carbocycles. The molecule has 1 aromatic carbocycles. The van der Waals surface area contributed by atoms with Gasteiger partial charge in [-0.15, -0.1) is 0 Å². The van der Waals surface area contributed by atoms with E-state index in [0.717, 1.165) is 0 Å². The van der Waals surface area contributed by atoms with E-state index in [2.05, 4.69) is 0 Å². The van der Waals surface area contributed by atoms with Gasteiger partial charge in [0.2, 0.25) is 6.29 Å². The maximum atomic E-state index is 9.78. The molecule has 0 aliphatic carbocycles. The normalized spacial score (nSPS) is 34.6. The number of ether oxygens (including phenoxy) is 2. The van der Waals surface area contributed by atoms with Crippen molar-refractivity contribution in [2.24, 2.45) is 0 Å². The summed E-state index contributed by atoms with van der Waals surface area (Å²) in [5.74, 6) is 0.402. The van der Waals surface area contributed by atoms with E-state index in [9.17, 15) is 15.3 Å². The molecule has 0 aromatic heterocycles. The van der Waals surface area contributed by atoms with Crippen molar-refractivity contribution in [2.45, 2.75) is 37.6 Å². The van der Waals surface area contributed by atoms with Gasteiger partial charge in [0.25, 0.3) is 0 Å². The van der Waals surface area contributed by atoms with Crippen LogP contribution in [0.1, 0.15) is 12.5 Å². The van der Waals surface area contributed by atoms with Crippen molar-refractivity contribution < 1.29 is 24.8 Å². The van der Waals surface area contributed by atoms with Crippen molar-refractivity contribution in [3.05, 3.63) is 29.8 Å². The Kier molecular flexibility index (Phi) is 4.02. The Morgan fingerprint density at radius 2 is 1.74 bits per heavy atom. The molecule has 1 heterocycles. The predicted molar refractivity (Wildman–Crippen MR) is 64.1 cm³/mol. The van der Waals surface area contributed by atoms with Crippen LogP contribution in [0, 0.1) is 11.3 Å². The highest BCUT2D eigenvalue weighted by molar-refractivity contribution is 5.34.